The summed E-state index contributed by atoms with van der Waals surface area (Å²) in [5.74, 6) is 1.33. The zero-order valence-electron chi connectivity index (χ0n) is 10.9. The molecule has 18 heavy (non-hydrogen) atoms. The van der Waals surface area contributed by atoms with Gasteiger partial charge in [0, 0.05) is 18.5 Å². The van der Waals surface area contributed by atoms with Gasteiger partial charge in [-0.1, -0.05) is 20.8 Å². The van der Waals surface area contributed by atoms with Crippen LogP contribution in [0.4, 0.5) is 5.82 Å². The van der Waals surface area contributed by atoms with Gasteiger partial charge in [-0.3, -0.25) is 4.68 Å². The van der Waals surface area contributed by atoms with Gasteiger partial charge < -0.3 is 10.5 Å². The summed E-state index contributed by atoms with van der Waals surface area (Å²) >= 11 is 0. The first kappa shape index (κ1) is 12.3. The lowest BCUT2D eigenvalue weighted by Gasteiger charge is -2.17. The van der Waals surface area contributed by atoms with Gasteiger partial charge in [0.25, 0.3) is 0 Å². The zero-order chi connectivity index (χ0) is 13.3. The summed E-state index contributed by atoms with van der Waals surface area (Å²) in [4.78, 5) is 12.5. The number of aromatic nitrogens is 5. The van der Waals surface area contributed by atoms with Crippen molar-refractivity contribution in [2.75, 3.05) is 5.73 Å². The van der Waals surface area contributed by atoms with Crippen LogP contribution >= 0.6 is 0 Å². The van der Waals surface area contributed by atoms with Crippen molar-refractivity contribution >= 4 is 5.82 Å². The Morgan fingerprint density at radius 3 is 2.56 bits per heavy atom. The number of aryl methyl sites for hydroxylation is 1. The molecule has 0 unspecified atom stereocenters. The van der Waals surface area contributed by atoms with Crippen molar-refractivity contribution in [3.8, 4) is 11.9 Å². The number of nitrogens with zero attached hydrogens (tertiary/aromatic N) is 5. The lowest BCUT2D eigenvalue weighted by molar-refractivity contribution is 0.412. The van der Waals surface area contributed by atoms with Crippen LogP contribution in [0.1, 0.15) is 26.6 Å². The van der Waals surface area contributed by atoms with Crippen LogP contribution in [0.15, 0.2) is 12.4 Å². The van der Waals surface area contributed by atoms with E-state index in [-0.39, 0.29) is 11.4 Å². The highest BCUT2D eigenvalue weighted by Crippen LogP contribution is 2.23. The van der Waals surface area contributed by atoms with Gasteiger partial charge in [0.05, 0.1) is 0 Å². The molecule has 0 saturated carbocycles. The molecule has 0 saturated heterocycles. The Labute approximate surface area is 105 Å². The van der Waals surface area contributed by atoms with Crippen molar-refractivity contribution in [1.29, 1.82) is 0 Å². The third-order valence-electron chi connectivity index (χ3n) is 2.17. The summed E-state index contributed by atoms with van der Waals surface area (Å²) in [6.07, 6.45) is 1.55. The summed E-state index contributed by atoms with van der Waals surface area (Å²) in [5, 5.41) is 4.01. The summed E-state index contributed by atoms with van der Waals surface area (Å²) < 4.78 is 6.99. The molecule has 7 nitrogen and oxygen atoms in total. The summed E-state index contributed by atoms with van der Waals surface area (Å²) in [6.45, 7) is 6.01. The van der Waals surface area contributed by atoms with E-state index >= 15 is 0 Å². The Kier molecular flexibility index (Phi) is 2.90. The van der Waals surface area contributed by atoms with E-state index in [1.54, 1.807) is 24.1 Å². The van der Waals surface area contributed by atoms with Gasteiger partial charge in [-0.15, -0.1) is 5.10 Å². The highest BCUT2D eigenvalue weighted by Gasteiger charge is 2.19. The molecular formula is C11H16N6O. The van der Waals surface area contributed by atoms with Crippen molar-refractivity contribution in [3.63, 3.8) is 0 Å². The van der Waals surface area contributed by atoms with Crippen LogP contribution in [0.5, 0.6) is 11.9 Å². The molecule has 2 N–H and O–H groups in total. The van der Waals surface area contributed by atoms with Crippen LogP contribution in [0.25, 0.3) is 0 Å². The molecule has 0 spiro atoms. The Hall–Kier alpha value is -2.18. The fraction of sp³-hybridized carbons (Fsp3) is 0.455. The Bertz CT molecular complexity index is 557. The van der Waals surface area contributed by atoms with E-state index in [0.717, 1.165) is 0 Å². The Morgan fingerprint density at radius 2 is 2.00 bits per heavy atom. The first-order valence-electron chi connectivity index (χ1n) is 5.53. The Morgan fingerprint density at radius 1 is 1.28 bits per heavy atom. The third kappa shape index (κ3) is 2.73. The highest BCUT2D eigenvalue weighted by atomic mass is 16.5. The van der Waals surface area contributed by atoms with E-state index in [9.17, 15) is 0 Å². The lowest BCUT2D eigenvalue weighted by atomic mass is 9.96. The zero-order valence-corrected chi connectivity index (χ0v) is 10.9. The number of nitrogen functional groups attached to an aromatic ring is 1. The molecular weight excluding hydrogens is 232 g/mol. The van der Waals surface area contributed by atoms with E-state index in [2.05, 4.69) is 20.1 Å². The number of ether oxygens (including phenoxy) is 1. The van der Waals surface area contributed by atoms with Crippen LogP contribution in [-0.2, 0) is 12.5 Å². The van der Waals surface area contributed by atoms with Crippen molar-refractivity contribution in [2.45, 2.75) is 26.2 Å². The molecule has 0 aliphatic rings. The molecule has 0 amide bonds. The van der Waals surface area contributed by atoms with Crippen molar-refractivity contribution in [3.05, 3.63) is 18.2 Å². The average Bonchev–Trinajstić information content (AvgIpc) is 2.61. The second-order valence-corrected chi connectivity index (χ2v) is 5.01. The van der Waals surface area contributed by atoms with Gasteiger partial charge in [-0.25, -0.2) is 4.98 Å². The highest BCUT2D eigenvalue weighted by molar-refractivity contribution is 5.34. The molecule has 2 heterocycles. The third-order valence-corrected chi connectivity index (χ3v) is 2.17. The molecule has 7 heteroatoms. The molecule has 0 aliphatic carbocycles. The first-order valence-corrected chi connectivity index (χ1v) is 5.53. The summed E-state index contributed by atoms with van der Waals surface area (Å²) in [5.41, 5.74) is 5.53. The maximum atomic E-state index is 5.74. The molecule has 2 aromatic rings. The maximum Gasteiger partial charge on any atom is 0.342 e. The van der Waals surface area contributed by atoms with E-state index in [1.807, 2.05) is 20.8 Å². The SMILES string of the molecule is Cn1cnc(Oc2cc(N)nc(C(C)(C)C)n2)n1. The van der Waals surface area contributed by atoms with Crippen molar-refractivity contribution in [2.24, 2.45) is 7.05 Å². The molecule has 0 aromatic carbocycles. The number of hydrogen-bond donors (Lipinski definition) is 1. The van der Waals surface area contributed by atoms with Crippen LogP contribution in [-0.4, -0.2) is 24.7 Å². The van der Waals surface area contributed by atoms with Crippen molar-refractivity contribution in [1.82, 2.24) is 24.7 Å². The molecule has 96 valence electrons. The fourth-order valence-electron chi connectivity index (χ4n) is 1.29. The molecule has 2 aromatic heterocycles. The normalized spacial score (nSPS) is 11.6. The van der Waals surface area contributed by atoms with Gasteiger partial charge >= 0.3 is 6.01 Å². The number of anilines is 1. The minimum atomic E-state index is -0.203. The summed E-state index contributed by atoms with van der Waals surface area (Å²) in [6, 6.07) is 1.78. The van der Waals surface area contributed by atoms with Gasteiger partial charge in [-0.05, 0) is 0 Å². The molecule has 0 atom stereocenters. The second-order valence-electron chi connectivity index (χ2n) is 5.01. The number of nitrogens with two attached hydrogens (primary N) is 1. The van der Waals surface area contributed by atoms with Gasteiger partial charge in [-0.2, -0.15) is 9.97 Å². The van der Waals surface area contributed by atoms with Gasteiger partial charge in [0.2, 0.25) is 5.88 Å². The first-order chi connectivity index (χ1) is 8.34. The lowest BCUT2D eigenvalue weighted by Crippen LogP contribution is -2.17. The molecule has 0 bridgehead atoms. The number of hydrogen-bond acceptors (Lipinski definition) is 6. The van der Waals surface area contributed by atoms with E-state index in [4.69, 9.17) is 10.5 Å². The van der Waals surface area contributed by atoms with Gasteiger partial charge in [0.1, 0.15) is 18.0 Å². The largest absolute Gasteiger partial charge is 0.404 e. The maximum absolute atomic E-state index is 5.74. The second kappa shape index (κ2) is 4.25. The standard InChI is InChI=1S/C11H16N6O/c1-11(2,3)9-14-7(12)5-8(15-9)18-10-13-6-17(4)16-10/h5-6H,1-4H3,(H2,12,14,15). The summed E-state index contributed by atoms with van der Waals surface area (Å²) in [7, 11) is 1.76. The average molecular weight is 248 g/mol. The predicted molar refractivity (Wildman–Crippen MR) is 66.2 cm³/mol. The van der Waals surface area contributed by atoms with Crippen LogP contribution < -0.4 is 10.5 Å². The smallest absolute Gasteiger partial charge is 0.342 e. The molecule has 0 radical (unpaired) electrons. The van der Waals surface area contributed by atoms with Gasteiger partial charge in [0.15, 0.2) is 0 Å². The van der Waals surface area contributed by atoms with E-state index < -0.39 is 0 Å². The van der Waals surface area contributed by atoms with Crippen LogP contribution in [0.2, 0.25) is 0 Å². The van der Waals surface area contributed by atoms with Crippen LogP contribution in [0.3, 0.4) is 0 Å². The van der Waals surface area contributed by atoms with Crippen molar-refractivity contribution < 1.29 is 4.74 Å². The molecule has 2 rings (SSSR count). The Balaban J connectivity index is 2.31. The monoisotopic (exact) mass is 248 g/mol. The minimum absolute atomic E-state index is 0.203. The minimum Gasteiger partial charge on any atom is -0.404 e. The quantitative estimate of drug-likeness (QED) is 0.860. The molecule has 0 fully saturated rings. The predicted octanol–water partition coefficient (Wildman–Crippen LogP) is 1.28. The number of rotatable bonds is 2. The van der Waals surface area contributed by atoms with Crippen LogP contribution in [0, 0.1) is 0 Å². The topological polar surface area (TPSA) is 91.7 Å². The van der Waals surface area contributed by atoms with E-state index in [0.29, 0.717) is 17.5 Å². The fourth-order valence-corrected chi connectivity index (χ4v) is 1.29. The van der Waals surface area contributed by atoms with E-state index in [1.165, 1.54) is 0 Å². The molecule has 0 aliphatic heterocycles.